The van der Waals surface area contributed by atoms with Crippen molar-refractivity contribution in [2.75, 3.05) is 6.61 Å². The van der Waals surface area contributed by atoms with Crippen molar-refractivity contribution < 1.29 is 4.74 Å². The van der Waals surface area contributed by atoms with Crippen molar-refractivity contribution in [2.24, 2.45) is 11.7 Å². The zero-order chi connectivity index (χ0) is 8.97. The maximum Gasteiger partial charge on any atom is 0.0580 e. The van der Waals surface area contributed by atoms with Gasteiger partial charge < -0.3 is 10.5 Å². The van der Waals surface area contributed by atoms with E-state index >= 15 is 0 Å². The number of hydrogen-bond acceptors (Lipinski definition) is 2. The van der Waals surface area contributed by atoms with Crippen molar-refractivity contribution >= 4 is 0 Å². The molecule has 1 saturated carbocycles. The largest absolute Gasteiger partial charge is 0.378 e. The Balaban J connectivity index is 2.05. The molecule has 12 heavy (non-hydrogen) atoms. The van der Waals surface area contributed by atoms with Crippen molar-refractivity contribution in [1.82, 2.24) is 0 Å². The van der Waals surface area contributed by atoms with Gasteiger partial charge >= 0.3 is 0 Å². The molecule has 1 unspecified atom stereocenters. The zero-order valence-electron chi connectivity index (χ0n) is 7.83. The van der Waals surface area contributed by atoms with Gasteiger partial charge in [0.25, 0.3) is 0 Å². The predicted molar refractivity (Wildman–Crippen MR) is 50.9 cm³/mol. The monoisotopic (exact) mass is 169 g/mol. The van der Waals surface area contributed by atoms with Crippen LogP contribution in [-0.2, 0) is 4.74 Å². The van der Waals surface area contributed by atoms with Gasteiger partial charge in [0.15, 0.2) is 0 Å². The van der Waals surface area contributed by atoms with E-state index in [9.17, 15) is 0 Å². The Hall–Kier alpha value is -0.340. The van der Waals surface area contributed by atoms with Gasteiger partial charge in [-0.05, 0) is 32.1 Å². The minimum Gasteiger partial charge on any atom is -0.378 e. The molecule has 2 nitrogen and oxygen atoms in total. The first-order chi connectivity index (χ1) is 5.76. The van der Waals surface area contributed by atoms with Crippen molar-refractivity contribution in [3.63, 3.8) is 0 Å². The summed E-state index contributed by atoms with van der Waals surface area (Å²) in [4.78, 5) is 0. The molecule has 2 N–H and O–H groups in total. The van der Waals surface area contributed by atoms with E-state index in [1.54, 1.807) is 0 Å². The van der Waals surface area contributed by atoms with Crippen molar-refractivity contribution in [3.8, 4) is 0 Å². The first-order valence-corrected chi connectivity index (χ1v) is 4.76. The number of hydrogen-bond donors (Lipinski definition) is 1. The standard InChI is InChI=1S/C10H19NO/c1-3-9(11)5-8-6-10(7-8)12-4-2/h3,8-10H,1,4-7,11H2,2H3. The first-order valence-electron chi connectivity index (χ1n) is 4.76. The third-order valence-electron chi connectivity index (χ3n) is 2.50. The summed E-state index contributed by atoms with van der Waals surface area (Å²) in [5.41, 5.74) is 5.74. The van der Waals surface area contributed by atoms with Gasteiger partial charge in [0.1, 0.15) is 0 Å². The fourth-order valence-electron chi connectivity index (χ4n) is 1.72. The van der Waals surface area contributed by atoms with E-state index < -0.39 is 0 Å². The molecule has 1 fully saturated rings. The minimum atomic E-state index is 0.178. The second-order valence-corrected chi connectivity index (χ2v) is 3.55. The van der Waals surface area contributed by atoms with Crippen LogP contribution < -0.4 is 5.73 Å². The van der Waals surface area contributed by atoms with Gasteiger partial charge in [0.2, 0.25) is 0 Å². The molecule has 1 atom stereocenters. The van der Waals surface area contributed by atoms with Gasteiger partial charge in [-0.2, -0.15) is 0 Å². The van der Waals surface area contributed by atoms with E-state index in [1.807, 2.05) is 13.0 Å². The normalized spacial score (nSPS) is 30.8. The highest BCUT2D eigenvalue weighted by Gasteiger charge is 2.29. The highest BCUT2D eigenvalue weighted by atomic mass is 16.5. The van der Waals surface area contributed by atoms with E-state index in [4.69, 9.17) is 10.5 Å². The highest BCUT2D eigenvalue weighted by molar-refractivity contribution is 4.89. The summed E-state index contributed by atoms with van der Waals surface area (Å²) >= 11 is 0. The maximum absolute atomic E-state index is 5.74. The molecule has 0 aromatic rings. The lowest BCUT2D eigenvalue weighted by molar-refractivity contribution is -0.0271. The van der Waals surface area contributed by atoms with Crippen LogP contribution in [0.15, 0.2) is 12.7 Å². The Morgan fingerprint density at radius 2 is 2.33 bits per heavy atom. The fraction of sp³-hybridized carbons (Fsp3) is 0.800. The summed E-state index contributed by atoms with van der Waals surface area (Å²) in [6.07, 6.45) is 5.79. The molecule has 0 spiro atoms. The van der Waals surface area contributed by atoms with Crippen LogP contribution >= 0.6 is 0 Å². The summed E-state index contributed by atoms with van der Waals surface area (Å²) in [7, 11) is 0. The van der Waals surface area contributed by atoms with Crippen molar-refractivity contribution in [1.29, 1.82) is 0 Å². The van der Waals surface area contributed by atoms with Crippen LogP contribution in [0.5, 0.6) is 0 Å². The lowest BCUT2D eigenvalue weighted by Gasteiger charge is -2.35. The summed E-state index contributed by atoms with van der Waals surface area (Å²) < 4.78 is 5.46. The Morgan fingerprint density at radius 3 is 2.83 bits per heavy atom. The van der Waals surface area contributed by atoms with Gasteiger partial charge in [-0.3, -0.25) is 0 Å². The highest BCUT2D eigenvalue weighted by Crippen LogP contribution is 2.33. The molecule has 1 rings (SSSR count). The Bertz CT molecular complexity index is 141. The van der Waals surface area contributed by atoms with E-state index in [1.165, 1.54) is 12.8 Å². The van der Waals surface area contributed by atoms with Gasteiger partial charge in [-0.25, -0.2) is 0 Å². The zero-order valence-corrected chi connectivity index (χ0v) is 7.83. The third-order valence-corrected chi connectivity index (χ3v) is 2.50. The van der Waals surface area contributed by atoms with E-state index in [0.29, 0.717) is 6.10 Å². The molecular weight excluding hydrogens is 150 g/mol. The summed E-state index contributed by atoms with van der Waals surface area (Å²) in [5.74, 6) is 0.773. The molecule has 1 aliphatic carbocycles. The van der Waals surface area contributed by atoms with Gasteiger partial charge in [0, 0.05) is 12.6 Å². The Morgan fingerprint density at radius 1 is 1.67 bits per heavy atom. The van der Waals surface area contributed by atoms with Gasteiger partial charge in [-0.15, -0.1) is 6.58 Å². The van der Waals surface area contributed by atoms with E-state index in [2.05, 4.69) is 6.58 Å². The number of nitrogens with two attached hydrogens (primary N) is 1. The first kappa shape index (κ1) is 9.75. The smallest absolute Gasteiger partial charge is 0.0580 e. The summed E-state index contributed by atoms with van der Waals surface area (Å²) in [5, 5.41) is 0. The second-order valence-electron chi connectivity index (χ2n) is 3.55. The topological polar surface area (TPSA) is 35.2 Å². The van der Waals surface area contributed by atoms with Crippen LogP contribution in [0.1, 0.15) is 26.2 Å². The van der Waals surface area contributed by atoms with Crippen LogP contribution in [0.3, 0.4) is 0 Å². The maximum atomic E-state index is 5.74. The van der Waals surface area contributed by atoms with Crippen molar-refractivity contribution in [2.45, 2.75) is 38.3 Å². The molecule has 0 aliphatic heterocycles. The summed E-state index contributed by atoms with van der Waals surface area (Å²) in [6, 6.07) is 0.178. The van der Waals surface area contributed by atoms with Crippen LogP contribution in [0, 0.1) is 5.92 Å². The third kappa shape index (κ3) is 2.61. The molecule has 0 heterocycles. The SMILES string of the molecule is C=CC(N)CC1CC(OCC)C1. The van der Waals surface area contributed by atoms with Gasteiger partial charge in [-0.1, -0.05) is 6.08 Å². The predicted octanol–water partition coefficient (Wildman–Crippen LogP) is 1.70. The molecule has 0 bridgehead atoms. The average molecular weight is 169 g/mol. The molecule has 0 radical (unpaired) electrons. The quantitative estimate of drug-likeness (QED) is 0.636. The Kier molecular flexibility index (Phi) is 3.76. The molecular formula is C10H19NO. The average Bonchev–Trinajstić information content (AvgIpc) is 2.00. The molecule has 0 aromatic carbocycles. The lowest BCUT2D eigenvalue weighted by atomic mass is 9.78. The molecule has 0 saturated heterocycles. The molecule has 0 amide bonds. The van der Waals surface area contributed by atoms with Crippen LogP contribution in [0.25, 0.3) is 0 Å². The van der Waals surface area contributed by atoms with Crippen molar-refractivity contribution in [3.05, 3.63) is 12.7 Å². The second kappa shape index (κ2) is 4.63. The number of rotatable bonds is 5. The minimum absolute atomic E-state index is 0.178. The molecule has 2 heteroatoms. The van der Waals surface area contributed by atoms with Crippen LogP contribution in [0.4, 0.5) is 0 Å². The van der Waals surface area contributed by atoms with Gasteiger partial charge in [0.05, 0.1) is 6.10 Å². The fourth-order valence-corrected chi connectivity index (χ4v) is 1.72. The lowest BCUT2D eigenvalue weighted by Crippen LogP contribution is -2.35. The van der Waals surface area contributed by atoms with E-state index in [-0.39, 0.29) is 6.04 Å². The molecule has 1 aliphatic rings. The van der Waals surface area contributed by atoms with Crippen LogP contribution in [0.2, 0.25) is 0 Å². The molecule has 0 aromatic heterocycles. The molecule has 70 valence electrons. The van der Waals surface area contributed by atoms with E-state index in [0.717, 1.165) is 18.9 Å². The summed E-state index contributed by atoms with van der Waals surface area (Å²) in [6.45, 7) is 6.55. The Labute approximate surface area is 74.8 Å². The van der Waals surface area contributed by atoms with Crippen LogP contribution in [-0.4, -0.2) is 18.8 Å². The number of ether oxygens (including phenoxy) is 1.